The summed E-state index contributed by atoms with van der Waals surface area (Å²) in [5.41, 5.74) is 0.874. The van der Waals surface area contributed by atoms with Crippen molar-refractivity contribution in [1.82, 2.24) is 4.98 Å². The van der Waals surface area contributed by atoms with Crippen molar-refractivity contribution >= 4 is 13.4 Å². The Hall–Kier alpha value is -1.34. The van der Waals surface area contributed by atoms with E-state index in [4.69, 9.17) is 18.5 Å². The average Bonchev–Trinajstić information content (AvgIpc) is 2.54. The number of halogens is 1. The zero-order chi connectivity index (χ0) is 18.8. The Labute approximate surface area is 146 Å². The van der Waals surface area contributed by atoms with Gasteiger partial charge in [0.25, 0.3) is 5.91 Å². The summed E-state index contributed by atoms with van der Waals surface area (Å²) in [5.74, 6) is -3.99. The normalized spacial score (nSPS) is 17.5. The zero-order valence-electron chi connectivity index (χ0n) is 15.0. The number of aryl methyl sites for hydroxylation is 1. The van der Waals surface area contributed by atoms with Crippen LogP contribution < -0.4 is 4.74 Å². The van der Waals surface area contributed by atoms with E-state index in [9.17, 15) is 13.8 Å². The molecule has 0 spiro atoms. The van der Waals surface area contributed by atoms with Crippen molar-refractivity contribution in [2.24, 2.45) is 0 Å². The maximum atomic E-state index is 14.8. The Kier molecular flexibility index (Phi) is 5.99. The molecule has 9 heteroatoms. The van der Waals surface area contributed by atoms with E-state index in [0.29, 0.717) is 17.0 Å². The monoisotopic (exact) mass is 375 g/mol. The number of fused-ring (bicyclic) bond motifs is 1. The Morgan fingerprint density at radius 3 is 2.56 bits per heavy atom. The quantitative estimate of drug-likeness (QED) is 0.530. The summed E-state index contributed by atoms with van der Waals surface area (Å²) < 4.78 is 48.4. The van der Waals surface area contributed by atoms with Gasteiger partial charge in [-0.1, -0.05) is 0 Å². The van der Waals surface area contributed by atoms with Crippen LogP contribution in [0.15, 0.2) is 6.20 Å². The molecule has 1 aromatic rings. The first-order valence-electron chi connectivity index (χ1n) is 8.03. The lowest BCUT2D eigenvalue weighted by Gasteiger charge is -2.34. The number of ketones is 1. The molecule has 0 N–H and O–H groups in total. The van der Waals surface area contributed by atoms with E-state index < -0.39 is 25.1 Å². The first-order valence-corrected chi connectivity index (χ1v) is 9.65. The molecule has 1 aliphatic rings. The van der Waals surface area contributed by atoms with Crippen LogP contribution in [0.4, 0.5) is 4.39 Å². The van der Waals surface area contributed by atoms with Gasteiger partial charge < -0.3 is 18.5 Å². The van der Waals surface area contributed by atoms with Gasteiger partial charge in [0.1, 0.15) is 0 Å². The van der Waals surface area contributed by atoms with Gasteiger partial charge in [0.15, 0.2) is 5.75 Å². The van der Waals surface area contributed by atoms with Crippen molar-refractivity contribution in [2.45, 2.75) is 52.9 Å². The van der Waals surface area contributed by atoms with Gasteiger partial charge >= 0.3 is 7.60 Å². The first-order chi connectivity index (χ1) is 11.6. The summed E-state index contributed by atoms with van der Waals surface area (Å²) in [6.45, 7) is 8.20. The first kappa shape index (κ1) is 20.0. The second-order valence-corrected chi connectivity index (χ2v) is 7.98. The molecule has 0 saturated heterocycles. The number of hydrogen-bond donors (Lipinski definition) is 0. The van der Waals surface area contributed by atoms with Gasteiger partial charge in [-0.05, 0) is 20.8 Å². The molecule has 0 radical (unpaired) electrons. The molecule has 25 heavy (non-hydrogen) atoms. The van der Waals surface area contributed by atoms with Crippen LogP contribution in [-0.4, -0.2) is 35.7 Å². The highest BCUT2D eigenvalue weighted by atomic mass is 31.2. The fourth-order valence-electron chi connectivity index (χ4n) is 2.45. The number of rotatable bonds is 7. The van der Waals surface area contributed by atoms with Crippen LogP contribution in [0.25, 0.3) is 0 Å². The lowest BCUT2D eigenvalue weighted by molar-refractivity contribution is -0.180. The van der Waals surface area contributed by atoms with Crippen molar-refractivity contribution in [2.75, 3.05) is 13.2 Å². The fraction of sp³-hybridized carbons (Fsp3) is 0.625. The van der Waals surface area contributed by atoms with Crippen LogP contribution in [0, 0.1) is 6.92 Å². The fourth-order valence-corrected chi connectivity index (χ4v) is 3.93. The lowest BCUT2D eigenvalue weighted by Crippen LogP contribution is -2.37. The molecule has 0 bridgehead atoms. The number of nitrogens with zero attached hydrogens (tertiary/aromatic N) is 1. The average molecular weight is 375 g/mol. The number of hydrogen-bond acceptors (Lipinski definition) is 7. The molecule has 0 aromatic carbocycles. The van der Waals surface area contributed by atoms with Gasteiger partial charge in [-0.25, -0.2) is 4.39 Å². The molecule has 0 amide bonds. The number of pyridine rings is 1. The highest BCUT2D eigenvalue weighted by Crippen LogP contribution is 2.55. The predicted octanol–water partition coefficient (Wildman–Crippen LogP) is 3.78. The van der Waals surface area contributed by atoms with Gasteiger partial charge in [-0.15, -0.1) is 0 Å². The third kappa shape index (κ3) is 4.08. The molecule has 1 aliphatic heterocycles. The van der Waals surface area contributed by atoms with E-state index in [2.05, 4.69) is 4.98 Å². The summed E-state index contributed by atoms with van der Waals surface area (Å²) in [5, 5.41) is 0. The Bertz CT molecular complexity index is 698. The molecule has 1 aromatic heterocycles. The topological polar surface area (TPSA) is 84.0 Å². The standard InChI is InChI=1S/C16H23FNO6P/c1-6-22-25(20,23-7-2)15(17)13(19)11-8-18-10(3)14-12(11)9-21-16(4,5)24-14/h8,15H,6-7,9H2,1-5H3. The van der Waals surface area contributed by atoms with Gasteiger partial charge in [0, 0.05) is 31.2 Å². The van der Waals surface area contributed by atoms with Crippen LogP contribution in [0.5, 0.6) is 5.75 Å². The van der Waals surface area contributed by atoms with E-state index in [0.717, 1.165) is 0 Å². The Balaban J connectivity index is 2.42. The minimum absolute atomic E-state index is 0.0460. The molecule has 0 fully saturated rings. The molecule has 140 valence electrons. The minimum atomic E-state index is -4.23. The second-order valence-electron chi connectivity index (χ2n) is 5.93. The summed E-state index contributed by atoms with van der Waals surface area (Å²) >= 11 is 0. The largest absolute Gasteiger partial charge is 0.461 e. The number of alkyl halides is 1. The third-order valence-electron chi connectivity index (χ3n) is 3.60. The van der Waals surface area contributed by atoms with E-state index >= 15 is 0 Å². The highest BCUT2D eigenvalue weighted by molar-refractivity contribution is 7.55. The zero-order valence-corrected chi connectivity index (χ0v) is 15.9. The summed E-state index contributed by atoms with van der Waals surface area (Å²) in [6.07, 6.45) is 1.23. The molecule has 0 aliphatic carbocycles. The Morgan fingerprint density at radius 2 is 2.00 bits per heavy atom. The van der Waals surface area contributed by atoms with Crippen LogP contribution in [0.2, 0.25) is 0 Å². The molecule has 7 nitrogen and oxygen atoms in total. The SMILES string of the molecule is CCOP(=O)(OCC)C(F)C(=O)c1cnc(C)c2c1COC(C)(C)O2. The minimum Gasteiger partial charge on any atom is -0.461 e. The van der Waals surface area contributed by atoms with Crippen LogP contribution in [0.1, 0.15) is 49.3 Å². The van der Waals surface area contributed by atoms with Crippen molar-refractivity contribution in [3.63, 3.8) is 0 Å². The molecule has 1 unspecified atom stereocenters. The van der Waals surface area contributed by atoms with Crippen molar-refractivity contribution < 1.29 is 32.3 Å². The van der Waals surface area contributed by atoms with Gasteiger partial charge in [-0.3, -0.25) is 14.3 Å². The maximum absolute atomic E-state index is 14.8. The van der Waals surface area contributed by atoms with E-state index in [-0.39, 0.29) is 25.4 Å². The number of Topliss-reactive ketones (excluding diaryl/α,β-unsaturated/α-hetero) is 1. The molecular weight excluding hydrogens is 352 g/mol. The highest BCUT2D eigenvalue weighted by Gasteiger charge is 2.44. The molecule has 0 saturated carbocycles. The van der Waals surface area contributed by atoms with Crippen LogP contribution in [-0.2, 0) is 25.0 Å². The van der Waals surface area contributed by atoms with Crippen molar-refractivity contribution in [1.29, 1.82) is 0 Å². The molecule has 2 heterocycles. The van der Waals surface area contributed by atoms with Crippen LogP contribution in [0.3, 0.4) is 0 Å². The number of ether oxygens (including phenoxy) is 2. The van der Waals surface area contributed by atoms with E-state index in [1.165, 1.54) is 6.20 Å². The lowest BCUT2D eigenvalue weighted by atomic mass is 10.0. The van der Waals surface area contributed by atoms with Gasteiger partial charge in [0.05, 0.1) is 25.5 Å². The summed E-state index contributed by atoms with van der Waals surface area (Å²) in [7, 11) is -4.23. The van der Waals surface area contributed by atoms with E-state index in [1.54, 1.807) is 34.6 Å². The number of aromatic nitrogens is 1. The Morgan fingerprint density at radius 1 is 1.40 bits per heavy atom. The summed E-state index contributed by atoms with van der Waals surface area (Å²) in [6, 6.07) is 0. The smallest absolute Gasteiger partial charge is 0.372 e. The number of carbonyl (C=O) groups is 1. The maximum Gasteiger partial charge on any atom is 0.372 e. The van der Waals surface area contributed by atoms with Crippen molar-refractivity contribution in [3.8, 4) is 5.75 Å². The van der Waals surface area contributed by atoms with E-state index in [1.807, 2.05) is 0 Å². The van der Waals surface area contributed by atoms with Gasteiger partial charge in [-0.2, -0.15) is 0 Å². The molecule has 1 atom stereocenters. The number of carbonyl (C=O) groups excluding carboxylic acids is 1. The van der Waals surface area contributed by atoms with Crippen LogP contribution >= 0.6 is 7.60 Å². The van der Waals surface area contributed by atoms with Crippen molar-refractivity contribution in [3.05, 3.63) is 23.0 Å². The van der Waals surface area contributed by atoms with Gasteiger partial charge in [0.2, 0.25) is 11.6 Å². The second kappa shape index (κ2) is 7.50. The predicted molar refractivity (Wildman–Crippen MR) is 88.6 cm³/mol. The summed E-state index contributed by atoms with van der Waals surface area (Å²) in [4.78, 5) is 16.7. The molecular formula is C16H23FNO6P. The third-order valence-corrected chi connectivity index (χ3v) is 5.63. The molecule has 2 rings (SSSR count).